The molecule has 2 aromatic heterocycles. The Hall–Kier alpha value is -8.20. The van der Waals surface area contributed by atoms with Crippen molar-refractivity contribution in [3.05, 3.63) is 218 Å². The van der Waals surface area contributed by atoms with Crippen LogP contribution in [0.5, 0.6) is 0 Å². The lowest BCUT2D eigenvalue weighted by molar-refractivity contribution is 1.18. The number of para-hydroxylation sites is 2. The van der Waals surface area contributed by atoms with E-state index in [-0.39, 0.29) is 0 Å². The monoisotopic (exact) mass is 784 g/mol. The van der Waals surface area contributed by atoms with Crippen LogP contribution in [0, 0.1) is 0 Å². The van der Waals surface area contributed by atoms with Crippen LogP contribution in [0.15, 0.2) is 218 Å². The first-order valence-corrected chi connectivity index (χ1v) is 21.5. The van der Waals surface area contributed by atoms with Crippen LogP contribution in [0.3, 0.4) is 0 Å². The van der Waals surface area contributed by atoms with Crippen LogP contribution in [0.4, 0.5) is 0 Å². The first kappa shape index (κ1) is 33.6. The van der Waals surface area contributed by atoms with Gasteiger partial charge in [-0.2, -0.15) is 0 Å². The summed E-state index contributed by atoms with van der Waals surface area (Å²) in [6.45, 7) is 0. The Morgan fingerprint density at radius 2 is 0.871 bits per heavy atom. The summed E-state index contributed by atoms with van der Waals surface area (Å²) in [6, 6.07) is 81.1. The molecule has 2 heterocycles. The third-order valence-electron chi connectivity index (χ3n) is 13.6. The zero-order valence-electron chi connectivity index (χ0n) is 33.7. The van der Waals surface area contributed by atoms with Crippen LogP contribution >= 0.6 is 0 Å². The van der Waals surface area contributed by atoms with E-state index < -0.39 is 0 Å². The van der Waals surface area contributed by atoms with Crippen LogP contribution in [-0.2, 0) is 0 Å². The number of rotatable bonds is 4. The van der Waals surface area contributed by atoms with E-state index in [0.29, 0.717) is 0 Å². The summed E-state index contributed by atoms with van der Waals surface area (Å²) >= 11 is 0. The van der Waals surface area contributed by atoms with Crippen LogP contribution in [0.2, 0.25) is 0 Å². The molecule has 0 fully saturated rings. The fraction of sp³-hybridized carbons (Fsp3) is 0. The minimum Gasteiger partial charge on any atom is -0.309 e. The molecule has 0 N–H and O–H groups in total. The maximum absolute atomic E-state index is 2.50. The molecule has 0 aliphatic heterocycles. The highest BCUT2D eigenvalue weighted by Gasteiger charge is 2.23. The predicted octanol–water partition coefficient (Wildman–Crippen LogP) is 16.3. The quantitative estimate of drug-likeness (QED) is 0.168. The van der Waals surface area contributed by atoms with E-state index in [9.17, 15) is 0 Å². The van der Waals surface area contributed by atoms with Gasteiger partial charge in [-0.15, -0.1) is 0 Å². The van der Waals surface area contributed by atoms with Crippen molar-refractivity contribution in [2.45, 2.75) is 0 Å². The molecule has 0 atom stereocenters. The largest absolute Gasteiger partial charge is 0.309 e. The molecule has 1 aliphatic carbocycles. The first-order valence-electron chi connectivity index (χ1n) is 21.5. The van der Waals surface area contributed by atoms with Crippen molar-refractivity contribution in [3.63, 3.8) is 0 Å². The highest BCUT2D eigenvalue weighted by atomic mass is 15.0. The van der Waals surface area contributed by atoms with E-state index in [0.717, 1.165) is 5.69 Å². The molecule has 0 saturated carbocycles. The highest BCUT2D eigenvalue weighted by molar-refractivity contribution is 6.21. The minimum atomic E-state index is 1.16. The van der Waals surface area contributed by atoms with E-state index >= 15 is 0 Å². The van der Waals surface area contributed by atoms with Gasteiger partial charge in [-0.25, -0.2) is 0 Å². The van der Waals surface area contributed by atoms with Crippen molar-refractivity contribution in [1.82, 2.24) is 9.13 Å². The van der Waals surface area contributed by atoms with Crippen molar-refractivity contribution in [2.24, 2.45) is 0 Å². The Kier molecular flexibility index (Phi) is 6.86. The second-order valence-corrected chi connectivity index (χ2v) is 16.9. The summed E-state index contributed by atoms with van der Waals surface area (Å²) in [5.74, 6) is 0. The first-order chi connectivity index (χ1) is 30.7. The van der Waals surface area contributed by atoms with Gasteiger partial charge in [-0.3, -0.25) is 0 Å². The average molecular weight is 785 g/mol. The molecule has 13 aromatic rings. The summed E-state index contributed by atoms with van der Waals surface area (Å²) in [5, 5.41) is 12.6. The topological polar surface area (TPSA) is 9.86 Å². The summed E-state index contributed by atoms with van der Waals surface area (Å²) in [7, 11) is 0. The van der Waals surface area contributed by atoms with Crippen LogP contribution in [-0.4, -0.2) is 9.13 Å². The molecule has 0 saturated heterocycles. The van der Waals surface area contributed by atoms with Crippen molar-refractivity contribution < 1.29 is 0 Å². The van der Waals surface area contributed by atoms with E-state index in [1.807, 2.05) is 0 Å². The van der Waals surface area contributed by atoms with E-state index in [1.54, 1.807) is 0 Å². The number of aromatic nitrogens is 2. The van der Waals surface area contributed by atoms with Crippen molar-refractivity contribution in [1.29, 1.82) is 0 Å². The predicted molar refractivity (Wildman–Crippen MR) is 263 cm³/mol. The fourth-order valence-electron chi connectivity index (χ4n) is 10.8. The van der Waals surface area contributed by atoms with Crippen LogP contribution < -0.4 is 0 Å². The smallest absolute Gasteiger partial charge is 0.0619 e. The van der Waals surface area contributed by atoms with Crippen LogP contribution in [0.1, 0.15) is 0 Å². The molecule has 62 heavy (non-hydrogen) atoms. The van der Waals surface area contributed by atoms with Gasteiger partial charge in [-0.05, 0) is 126 Å². The zero-order valence-corrected chi connectivity index (χ0v) is 33.7. The number of hydrogen-bond donors (Lipinski definition) is 0. The lowest BCUT2D eigenvalue weighted by Gasteiger charge is -2.13. The number of benzene rings is 11. The Labute approximate surface area is 357 Å². The third kappa shape index (κ3) is 4.69. The van der Waals surface area contributed by atoms with Gasteiger partial charge < -0.3 is 9.13 Å². The Morgan fingerprint density at radius 1 is 0.242 bits per heavy atom. The molecule has 0 unspecified atom stereocenters. The fourth-order valence-corrected chi connectivity index (χ4v) is 10.8. The summed E-state index contributed by atoms with van der Waals surface area (Å²) in [4.78, 5) is 0. The molecule has 2 nitrogen and oxygen atoms in total. The van der Waals surface area contributed by atoms with Gasteiger partial charge in [0.15, 0.2) is 0 Å². The van der Waals surface area contributed by atoms with Crippen LogP contribution in [0.25, 0.3) is 132 Å². The Bertz CT molecular complexity index is 4000. The lowest BCUT2D eigenvalue weighted by Crippen LogP contribution is -1.95. The van der Waals surface area contributed by atoms with Gasteiger partial charge in [0.2, 0.25) is 0 Å². The standard InChI is InChI=1S/C60H36N2/c1-2-12-43(13-3-1)61-56-20-9-8-17-49(56)50-28-25-40(36-58(50)61)39-26-32-57-55(35-39)54-29-24-38-11-4-5-14-46(38)60(54)62(57)44-27-23-37-21-22-41(33-42(37)34-44)45-30-31-53-48-16-7-6-15-47(48)52-19-10-18-51(45)59(52)53/h1-36H. The van der Waals surface area contributed by atoms with Gasteiger partial charge in [0.1, 0.15) is 0 Å². The van der Waals surface area contributed by atoms with E-state index in [1.165, 1.54) is 126 Å². The number of nitrogens with zero attached hydrogens (tertiary/aromatic N) is 2. The molecule has 0 bridgehead atoms. The maximum atomic E-state index is 2.50. The van der Waals surface area contributed by atoms with Crippen molar-refractivity contribution in [2.75, 3.05) is 0 Å². The maximum Gasteiger partial charge on any atom is 0.0619 e. The molecule has 14 rings (SSSR count). The number of hydrogen-bond acceptors (Lipinski definition) is 0. The van der Waals surface area contributed by atoms with Gasteiger partial charge in [0.25, 0.3) is 0 Å². The molecule has 0 spiro atoms. The zero-order chi connectivity index (χ0) is 40.5. The third-order valence-corrected chi connectivity index (χ3v) is 13.6. The number of fused-ring (bicyclic) bond motifs is 12. The Morgan fingerprint density at radius 3 is 1.77 bits per heavy atom. The van der Waals surface area contributed by atoms with Gasteiger partial charge in [-0.1, -0.05) is 164 Å². The molecular formula is C60H36N2. The average Bonchev–Trinajstić information content (AvgIpc) is 3.98. The Balaban J connectivity index is 0.954. The summed E-state index contributed by atoms with van der Waals surface area (Å²) in [5.41, 5.74) is 17.4. The molecule has 0 amide bonds. The van der Waals surface area contributed by atoms with Gasteiger partial charge >= 0.3 is 0 Å². The molecular weight excluding hydrogens is 749 g/mol. The van der Waals surface area contributed by atoms with Crippen molar-refractivity contribution >= 4 is 75.9 Å². The summed E-state index contributed by atoms with van der Waals surface area (Å²) in [6.07, 6.45) is 0. The summed E-state index contributed by atoms with van der Waals surface area (Å²) < 4.78 is 4.90. The second kappa shape index (κ2) is 12.7. The minimum absolute atomic E-state index is 1.16. The molecule has 0 radical (unpaired) electrons. The van der Waals surface area contributed by atoms with E-state index in [4.69, 9.17) is 0 Å². The van der Waals surface area contributed by atoms with Crippen molar-refractivity contribution in [3.8, 4) is 55.9 Å². The lowest BCUT2D eigenvalue weighted by atomic mass is 9.93. The molecule has 11 aromatic carbocycles. The van der Waals surface area contributed by atoms with E-state index in [2.05, 4.69) is 228 Å². The highest BCUT2D eigenvalue weighted by Crippen LogP contribution is 2.49. The van der Waals surface area contributed by atoms with Gasteiger partial charge in [0, 0.05) is 38.3 Å². The second-order valence-electron chi connectivity index (χ2n) is 16.9. The molecule has 286 valence electrons. The normalized spacial score (nSPS) is 12.2. The van der Waals surface area contributed by atoms with Gasteiger partial charge in [0.05, 0.1) is 22.1 Å². The SMILES string of the molecule is c1ccc(-n2c3ccccc3c3ccc(-c4ccc5c(c4)c4ccc6ccccc6c4n5-c4ccc5ccc(-c6ccc7c8c(cccc68)-c6ccccc6-7)cc5c4)cc32)cc1. The molecule has 2 heteroatoms. The molecule has 1 aliphatic rings.